The summed E-state index contributed by atoms with van der Waals surface area (Å²) in [7, 11) is 0. The van der Waals surface area contributed by atoms with E-state index in [9.17, 15) is 19.1 Å². The predicted molar refractivity (Wildman–Crippen MR) is 88.1 cm³/mol. The Labute approximate surface area is 138 Å². The van der Waals surface area contributed by atoms with Crippen LogP contribution in [0.1, 0.15) is 24.1 Å². The van der Waals surface area contributed by atoms with E-state index in [2.05, 4.69) is 0 Å². The monoisotopic (exact) mass is 325 g/mol. The van der Waals surface area contributed by atoms with E-state index in [1.165, 1.54) is 30.0 Å². The second kappa shape index (κ2) is 5.92. The van der Waals surface area contributed by atoms with Crippen LogP contribution in [0, 0.1) is 12.7 Å². The summed E-state index contributed by atoms with van der Waals surface area (Å²) in [6.07, 6.45) is 0. The van der Waals surface area contributed by atoms with Crippen LogP contribution in [-0.2, 0) is 9.59 Å². The largest absolute Gasteiger partial charge is 0.503 e. The second-order valence-corrected chi connectivity index (χ2v) is 5.75. The van der Waals surface area contributed by atoms with E-state index < -0.39 is 29.3 Å². The molecule has 3 rings (SSSR count). The van der Waals surface area contributed by atoms with Gasteiger partial charge in [-0.25, -0.2) is 4.39 Å². The summed E-state index contributed by atoms with van der Waals surface area (Å²) in [6, 6.07) is 12.0. The minimum atomic E-state index is -0.987. The molecule has 0 radical (unpaired) electrons. The molecule has 2 aromatic carbocycles. The van der Waals surface area contributed by atoms with Crippen molar-refractivity contribution in [2.75, 3.05) is 4.90 Å². The normalized spacial score (nSPS) is 17.5. The van der Waals surface area contributed by atoms with Crippen molar-refractivity contribution in [3.8, 4) is 0 Å². The Kier molecular flexibility index (Phi) is 3.93. The topological polar surface area (TPSA) is 57.6 Å². The van der Waals surface area contributed by atoms with Crippen LogP contribution in [0.3, 0.4) is 0 Å². The first-order chi connectivity index (χ1) is 11.4. The molecule has 4 nitrogen and oxygen atoms in total. The lowest BCUT2D eigenvalue weighted by atomic mass is 9.96. The minimum Gasteiger partial charge on any atom is -0.503 e. The molecule has 1 amide bonds. The number of Topliss-reactive ketones (excluding diaryl/α,β-unsaturated/α-hetero) is 1. The van der Waals surface area contributed by atoms with E-state index in [1.54, 1.807) is 18.2 Å². The Hall–Kier alpha value is -2.95. The number of hydrogen-bond donors (Lipinski definition) is 1. The maximum Gasteiger partial charge on any atom is 0.294 e. The van der Waals surface area contributed by atoms with Crippen molar-refractivity contribution in [2.24, 2.45) is 0 Å². The zero-order valence-corrected chi connectivity index (χ0v) is 13.3. The number of nitrogens with zero attached hydrogens (tertiary/aromatic N) is 1. The number of aliphatic hydroxyl groups is 1. The van der Waals surface area contributed by atoms with Gasteiger partial charge in [-0.2, -0.15) is 0 Å². The second-order valence-electron chi connectivity index (χ2n) is 5.75. The van der Waals surface area contributed by atoms with Crippen LogP contribution in [-0.4, -0.2) is 16.8 Å². The molecule has 1 N–H and O–H groups in total. The van der Waals surface area contributed by atoms with Gasteiger partial charge in [0.15, 0.2) is 11.5 Å². The highest BCUT2D eigenvalue weighted by Gasteiger charge is 2.44. The van der Waals surface area contributed by atoms with Crippen LogP contribution < -0.4 is 4.90 Å². The Morgan fingerprint density at radius 2 is 1.75 bits per heavy atom. The van der Waals surface area contributed by atoms with Crippen LogP contribution in [0.2, 0.25) is 0 Å². The fourth-order valence-electron chi connectivity index (χ4n) is 2.93. The molecule has 5 heteroatoms. The number of amides is 1. The summed E-state index contributed by atoms with van der Waals surface area (Å²) in [4.78, 5) is 25.8. The summed E-state index contributed by atoms with van der Waals surface area (Å²) >= 11 is 0. The van der Waals surface area contributed by atoms with Gasteiger partial charge in [0.25, 0.3) is 5.91 Å². The van der Waals surface area contributed by atoms with Gasteiger partial charge in [0.1, 0.15) is 5.82 Å². The van der Waals surface area contributed by atoms with Crippen LogP contribution in [0.25, 0.3) is 0 Å². The average Bonchev–Trinajstić information content (AvgIpc) is 2.81. The molecule has 1 heterocycles. The quantitative estimate of drug-likeness (QED) is 0.937. The molecule has 0 unspecified atom stereocenters. The van der Waals surface area contributed by atoms with Gasteiger partial charge < -0.3 is 5.11 Å². The van der Waals surface area contributed by atoms with Gasteiger partial charge in [0, 0.05) is 11.3 Å². The molecule has 0 spiro atoms. The van der Waals surface area contributed by atoms with Crippen molar-refractivity contribution in [2.45, 2.75) is 19.9 Å². The van der Waals surface area contributed by atoms with Crippen molar-refractivity contribution in [1.82, 2.24) is 0 Å². The van der Waals surface area contributed by atoms with E-state index in [4.69, 9.17) is 0 Å². The lowest BCUT2D eigenvalue weighted by molar-refractivity contribution is -0.117. The first-order valence-electron chi connectivity index (χ1n) is 7.50. The van der Waals surface area contributed by atoms with Crippen molar-refractivity contribution >= 4 is 17.4 Å². The fourth-order valence-corrected chi connectivity index (χ4v) is 2.93. The van der Waals surface area contributed by atoms with E-state index in [-0.39, 0.29) is 11.1 Å². The molecule has 2 aromatic rings. The molecule has 1 atom stereocenters. The van der Waals surface area contributed by atoms with Gasteiger partial charge in [0.2, 0.25) is 0 Å². The molecule has 0 saturated carbocycles. The van der Waals surface area contributed by atoms with E-state index in [1.807, 2.05) is 19.1 Å². The maximum atomic E-state index is 14.3. The van der Waals surface area contributed by atoms with Crippen LogP contribution in [0.5, 0.6) is 0 Å². The lowest BCUT2D eigenvalue weighted by Gasteiger charge is -2.27. The van der Waals surface area contributed by atoms with Crippen molar-refractivity contribution in [3.63, 3.8) is 0 Å². The van der Waals surface area contributed by atoms with E-state index in [0.29, 0.717) is 5.69 Å². The smallest absolute Gasteiger partial charge is 0.294 e. The number of benzene rings is 2. The Bertz CT molecular complexity index is 855. The number of rotatable bonds is 3. The number of hydrogen-bond acceptors (Lipinski definition) is 3. The molecular formula is C19H16FNO3. The van der Waals surface area contributed by atoms with E-state index in [0.717, 1.165) is 5.56 Å². The Balaban J connectivity index is 2.21. The van der Waals surface area contributed by atoms with E-state index >= 15 is 0 Å². The summed E-state index contributed by atoms with van der Waals surface area (Å²) < 4.78 is 14.3. The molecule has 1 aliphatic heterocycles. The Morgan fingerprint density at radius 1 is 1.12 bits per heavy atom. The Morgan fingerprint density at radius 3 is 2.33 bits per heavy atom. The highest BCUT2D eigenvalue weighted by atomic mass is 19.1. The summed E-state index contributed by atoms with van der Waals surface area (Å²) in [6.45, 7) is 3.16. The number of ketones is 1. The van der Waals surface area contributed by atoms with Crippen molar-refractivity contribution < 1.29 is 19.1 Å². The van der Waals surface area contributed by atoms with Crippen molar-refractivity contribution in [3.05, 3.63) is 76.8 Å². The number of aryl methyl sites for hydroxylation is 1. The maximum absolute atomic E-state index is 14.3. The number of anilines is 1. The van der Waals surface area contributed by atoms with Crippen LogP contribution >= 0.6 is 0 Å². The van der Waals surface area contributed by atoms with Gasteiger partial charge in [-0.05, 0) is 32.0 Å². The predicted octanol–water partition coefficient (Wildman–Crippen LogP) is 3.62. The third-order valence-corrected chi connectivity index (χ3v) is 4.10. The third kappa shape index (κ3) is 2.48. The number of aliphatic hydroxyl groups excluding tert-OH is 1. The molecule has 0 aliphatic carbocycles. The molecule has 0 bridgehead atoms. The van der Waals surface area contributed by atoms with Crippen LogP contribution in [0.15, 0.2) is 59.9 Å². The molecular weight excluding hydrogens is 309 g/mol. The molecule has 1 aliphatic rings. The minimum absolute atomic E-state index is 0.0920. The lowest BCUT2D eigenvalue weighted by Crippen LogP contribution is -2.31. The van der Waals surface area contributed by atoms with Crippen molar-refractivity contribution in [1.29, 1.82) is 0 Å². The number of halogens is 1. The first-order valence-corrected chi connectivity index (χ1v) is 7.50. The molecule has 0 aromatic heterocycles. The molecule has 0 fully saturated rings. The van der Waals surface area contributed by atoms with Gasteiger partial charge in [-0.15, -0.1) is 0 Å². The van der Waals surface area contributed by atoms with Gasteiger partial charge in [-0.3, -0.25) is 14.5 Å². The summed E-state index contributed by atoms with van der Waals surface area (Å²) in [5, 5.41) is 10.2. The average molecular weight is 325 g/mol. The molecule has 24 heavy (non-hydrogen) atoms. The van der Waals surface area contributed by atoms with Gasteiger partial charge in [-0.1, -0.05) is 35.9 Å². The van der Waals surface area contributed by atoms with Gasteiger partial charge in [0.05, 0.1) is 11.6 Å². The highest BCUT2D eigenvalue weighted by molar-refractivity contribution is 6.16. The highest BCUT2D eigenvalue weighted by Crippen LogP contribution is 2.41. The zero-order valence-electron chi connectivity index (χ0n) is 13.3. The standard InChI is InChI=1S/C19H16FNO3/c1-11-7-9-13(10-8-11)21-17(14-5-3-4-6-15(14)20)16(12(2)22)18(23)19(21)24/h3-10,17,23H,1-2H3/t17-/m1/s1. The number of carbonyl (C=O) groups excluding carboxylic acids is 2. The molecule has 122 valence electrons. The third-order valence-electron chi connectivity index (χ3n) is 4.10. The summed E-state index contributed by atoms with van der Waals surface area (Å²) in [5.41, 5.74) is 1.56. The zero-order chi connectivity index (χ0) is 17.4. The van der Waals surface area contributed by atoms with Gasteiger partial charge >= 0.3 is 0 Å². The van der Waals surface area contributed by atoms with Crippen LogP contribution in [0.4, 0.5) is 10.1 Å². The fraction of sp³-hybridized carbons (Fsp3) is 0.158. The summed E-state index contributed by atoms with van der Waals surface area (Å²) in [5.74, 6) is -2.35. The molecule has 0 saturated heterocycles. The SMILES string of the molecule is CC(=O)C1=C(O)C(=O)N(c2ccc(C)cc2)[C@@H]1c1ccccc1F. The number of carbonyl (C=O) groups is 2. The first kappa shape index (κ1) is 15.9.